The lowest BCUT2D eigenvalue weighted by Gasteiger charge is -2.28. The van der Waals surface area contributed by atoms with Crippen molar-refractivity contribution >= 4 is 214 Å². The largest absolute Gasteiger partial charge is 0.454 e. The normalized spacial score (nSPS) is 12.2. The maximum atomic E-state index is 6.90. The molecule has 0 atom stereocenters. The molecular formula is C111H69N3O3. The highest BCUT2D eigenvalue weighted by atomic mass is 16.3. The average Bonchev–Trinajstić information content (AvgIpc) is 0.976. The summed E-state index contributed by atoms with van der Waals surface area (Å²) in [5, 5.41) is 28.0. The van der Waals surface area contributed by atoms with E-state index in [4.69, 9.17) is 13.3 Å². The van der Waals surface area contributed by atoms with E-state index in [1.54, 1.807) is 0 Å². The van der Waals surface area contributed by atoms with Gasteiger partial charge in [-0.25, -0.2) is 0 Å². The summed E-state index contributed by atoms with van der Waals surface area (Å²) in [7, 11) is 0. The highest BCUT2D eigenvalue weighted by Gasteiger charge is 2.29. The molecule has 0 saturated carbocycles. The van der Waals surface area contributed by atoms with Gasteiger partial charge in [-0.15, -0.1) is 0 Å². The van der Waals surface area contributed by atoms with Crippen molar-refractivity contribution < 1.29 is 13.3 Å². The Hall–Kier alpha value is -15.2. The zero-order chi connectivity index (χ0) is 77.0. The number of aryl methyl sites for hydroxylation is 3. The second-order valence-electron chi connectivity index (χ2n) is 31.9. The van der Waals surface area contributed by atoms with Gasteiger partial charge in [-0.2, -0.15) is 0 Å². The molecule has 546 valence electrons. The van der Waals surface area contributed by atoms with Crippen LogP contribution in [-0.4, -0.2) is 0 Å². The fraction of sp³-hybridized carbons (Fsp3) is 0.0270. The first-order valence-electron chi connectivity index (χ1n) is 40.3. The fourth-order valence-corrected chi connectivity index (χ4v) is 20.0. The van der Waals surface area contributed by atoms with E-state index in [0.29, 0.717) is 0 Å². The summed E-state index contributed by atoms with van der Waals surface area (Å²) in [4.78, 5) is 7.25. The lowest BCUT2D eigenvalue weighted by molar-refractivity contribution is 0.669. The average molecular weight is 1490 g/mol. The molecule has 0 unspecified atom stereocenters. The van der Waals surface area contributed by atoms with Gasteiger partial charge in [0.05, 0.1) is 34.1 Å². The van der Waals surface area contributed by atoms with Crippen molar-refractivity contribution in [1.82, 2.24) is 0 Å². The van der Waals surface area contributed by atoms with Gasteiger partial charge in [0.25, 0.3) is 0 Å². The van der Waals surface area contributed by atoms with Crippen molar-refractivity contribution in [3.63, 3.8) is 0 Å². The van der Waals surface area contributed by atoms with E-state index < -0.39 is 0 Å². The molecule has 117 heavy (non-hydrogen) atoms. The summed E-state index contributed by atoms with van der Waals surface area (Å²) >= 11 is 0. The molecule has 0 radical (unpaired) electrons. The van der Waals surface area contributed by atoms with Crippen molar-refractivity contribution in [2.24, 2.45) is 0 Å². The Morgan fingerprint density at radius 2 is 0.427 bits per heavy atom. The maximum absolute atomic E-state index is 6.90. The molecule has 0 bridgehead atoms. The van der Waals surface area contributed by atoms with Crippen LogP contribution in [0.3, 0.4) is 0 Å². The topological polar surface area (TPSA) is 49.1 Å². The van der Waals surface area contributed by atoms with Crippen molar-refractivity contribution in [2.45, 2.75) is 20.8 Å². The van der Waals surface area contributed by atoms with Crippen LogP contribution >= 0.6 is 0 Å². The number of benzene rings is 22. The number of para-hydroxylation sites is 6. The maximum Gasteiger partial charge on any atom is 0.159 e. The minimum atomic E-state index is 0.850. The second kappa shape index (κ2) is 24.9. The summed E-state index contributed by atoms with van der Waals surface area (Å²) in [6.07, 6.45) is 0. The van der Waals surface area contributed by atoms with Crippen LogP contribution in [0.4, 0.5) is 51.2 Å². The summed E-state index contributed by atoms with van der Waals surface area (Å²) in [6, 6.07) is 135. The molecule has 25 aromatic rings. The lowest BCUT2D eigenvalue weighted by atomic mass is 9.84. The highest BCUT2D eigenvalue weighted by molar-refractivity contribution is 6.32. The molecule has 0 amide bonds. The van der Waals surface area contributed by atoms with Crippen molar-refractivity contribution in [2.75, 3.05) is 14.7 Å². The smallest absolute Gasteiger partial charge is 0.159 e. The molecule has 0 N–H and O–H groups in total. The van der Waals surface area contributed by atoms with E-state index >= 15 is 0 Å². The standard InChI is InChI=1S/C111H69N3O3/c1-64-16-10-19-76(58-64)112(97-28-13-25-88-82-22-4-7-31-100(82)115-109(88)97)94-55-43-70-37-49-85-79(46-34-67-40-52-91(94)106(70)103(67)85)73-61-74(80-47-35-68-41-53-92-95(56-44-71-38-50-86(80)104(68)107(71)92)113(77-20-11-17-65(2)59-77)98-29-14-26-89-83-23-5-8-32-101(83)116-110(89)98)63-75(62-73)81-48-36-69-42-54-93-96(57-45-72-39-51-87(81)105(69)108(72)93)114(78-21-12-18-66(3)60-78)99-30-15-27-90-84-24-6-9-33-102(84)117-111(90)99/h4-63H,1-3H3. The number of furan rings is 3. The van der Waals surface area contributed by atoms with Gasteiger partial charge in [0.15, 0.2) is 16.7 Å². The lowest BCUT2D eigenvalue weighted by Crippen LogP contribution is -2.11. The summed E-state index contributed by atoms with van der Waals surface area (Å²) < 4.78 is 20.7. The molecule has 22 aromatic carbocycles. The van der Waals surface area contributed by atoms with E-state index in [9.17, 15) is 0 Å². The van der Waals surface area contributed by atoms with Gasteiger partial charge in [0.2, 0.25) is 0 Å². The quantitative estimate of drug-likeness (QED) is 0.114. The molecule has 0 aliphatic rings. The third kappa shape index (κ3) is 9.73. The van der Waals surface area contributed by atoms with Gasteiger partial charge in [-0.1, -0.05) is 255 Å². The molecule has 0 fully saturated rings. The molecule has 3 heterocycles. The minimum absolute atomic E-state index is 0.850. The third-order valence-electron chi connectivity index (χ3n) is 25.2. The Kier molecular flexibility index (Phi) is 13.9. The van der Waals surface area contributed by atoms with Gasteiger partial charge >= 0.3 is 0 Å². The molecule has 3 aromatic heterocycles. The van der Waals surface area contributed by atoms with E-state index in [1.165, 1.54) is 97.5 Å². The Morgan fingerprint density at radius 1 is 0.179 bits per heavy atom. The molecule has 0 spiro atoms. The van der Waals surface area contributed by atoms with E-state index in [1.807, 2.05) is 0 Å². The van der Waals surface area contributed by atoms with Crippen molar-refractivity contribution in [1.29, 1.82) is 0 Å². The first kappa shape index (κ1) is 65.3. The summed E-state index contributed by atoms with van der Waals surface area (Å²) in [5.74, 6) is 0. The second-order valence-corrected chi connectivity index (χ2v) is 31.9. The van der Waals surface area contributed by atoms with Gasteiger partial charge in [0, 0.05) is 65.5 Å². The third-order valence-corrected chi connectivity index (χ3v) is 25.2. The summed E-state index contributed by atoms with van der Waals surface area (Å²) in [5.41, 5.74) is 24.9. The number of hydrogen-bond donors (Lipinski definition) is 0. The molecule has 25 rings (SSSR count). The molecule has 0 aliphatic heterocycles. The predicted octanol–water partition coefficient (Wildman–Crippen LogP) is 32.4. The predicted molar refractivity (Wildman–Crippen MR) is 494 cm³/mol. The summed E-state index contributed by atoms with van der Waals surface area (Å²) in [6.45, 7) is 6.53. The van der Waals surface area contributed by atoms with Crippen LogP contribution < -0.4 is 14.7 Å². The number of hydrogen-bond acceptors (Lipinski definition) is 6. The SMILES string of the molecule is Cc1cccc(N(c2ccc3ccc4c(-c5cc(-c6ccc7ccc8c(N(c9cccc(C)c9)c9cccc%10c9oc9ccccc9%10)ccc9ccc6c7c98)cc(-c6ccc7ccc8c(N(c9cccc(C)c9)c9cccc%10c9oc9ccccc9%10)ccc9ccc6c7c98)c5)ccc5ccc2c3c54)c2cccc3c2oc2ccccc23)c1. The van der Waals surface area contributed by atoms with Gasteiger partial charge in [-0.05, 0) is 261 Å². The highest BCUT2D eigenvalue weighted by Crippen LogP contribution is 2.55. The van der Waals surface area contributed by atoms with Gasteiger partial charge in [0.1, 0.15) is 16.7 Å². The van der Waals surface area contributed by atoms with E-state index in [0.717, 1.165) is 167 Å². The van der Waals surface area contributed by atoms with Crippen LogP contribution in [0, 0.1) is 20.8 Å². The van der Waals surface area contributed by atoms with Crippen molar-refractivity contribution in [3.8, 4) is 33.4 Å². The van der Waals surface area contributed by atoms with Crippen LogP contribution in [0.25, 0.3) is 196 Å². The fourth-order valence-electron chi connectivity index (χ4n) is 20.0. The monoisotopic (exact) mass is 1490 g/mol. The molecule has 0 saturated heterocycles. The zero-order valence-electron chi connectivity index (χ0n) is 64.2. The van der Waals surface area contributed by atoms with Crippen molar-refractivity contribution in [3.05, 3.63) is 381 Å². The van der Waals surface area contributed by atoms with Crippen LogP contribution in [0.2, 0.25) is 0 Å². The number of anilines is 9. The first-order valence-corrected chi connectivity index (χ1v) is 40.3. The van der Waals surface area contributed by atoms with E-state index in [2.05, 4.69) is 399 Å². The van der Waals surface area contributed by atoms with Gasteiger partial charge in [-0.3, -0.25) is 0 Å². The Labute approximate surface area is 672 Å². The van der Waals surface area contributed by atoms with Crippen LogP contribution in [0.1, 0.15) is 16.7 Å². The van der Waals surface area contributed by atoms with Crippen LogP contribution in [0.15, 0.2) is 377 Å². The number of nitrogens with zero attached hydrogens (tertiary/aromatic N) is 3. The molecule has 6 heteroatoms. The first-order chi connectivity index (χ1) is 57.7. The van der Waals surface area contributed by atoms with E-state index in [-0.39, 0.29) is 0 Å². The Bertz CT molecular complexity index is 7690. The van der Waals surface area contributed by atoms with Gasteiger partial charge < -0.3 is 28.0 Å². The molecular weight excluding hydrogens is 1420 g/mol. The molecule has 0 aliphatic carbocycles. The van der Waals surface area contributed by atoms with Crippen LogP contribution in [0.5, 0.6) is 0 Å². The number of fused-ring (bicyclic) bond motifs is 9. The number of rotatable bonds is 12. The Balaban J connectivity index is 0.721. The van der Waals surface area contributed by atoms with Crippen LogP contribution in [-0.2, 0) is 0 Å². The zero-order valence-corrected chi connectivity index (χ0v) is 64.2. The molecule has 6 nitrogen and oxygen atoms in total. The minimum Gasteiger partial charge on any atom is -0.454 e. The Morgan fingerprint density at radius 3 is 0.726 bits per heavy atom.